The predicted octanol–water partition coefficient (Wildman–Crippen LogP) is 3.10. The Kier molecular flexibility index (Phi) is 5.15. The average Bonchev–Trinajstić information content (AvgIpc) is 3.12. The Morgan fingerprint density at radius 2 is 1.90 bits per heavy atom. The zero-order chi connectivity index (χ0) is 22.2. The third kappa shape index (κ3) is 4.53. The topological polar surface area (TPSA) is 133 Å². The number of nitrogens with zero attached hydrogens (tertiary/aromatic N) is 6. The molecule has 5 N–H and O–H groups in total. The maximum atomic E-state index is 12.6. The van der Waals surface area contributed by atoms with Crippen molar-refractivity contribution >= 4 is 28.2 Å². The summed E-state index contributed by atoms with van der Waals surface area (Å²) in [7, 11) is 1.74. The molecule has 1 atom stereocenters. The molecule has 0 unspecified atom stereocenters. The van der Waals surface area contributed by atoms with Crippen molar-refractivity contribution in [3.05, 3.63) is 48.4 Å². The van der Waals surface area contributed by atoms with E-state index in [9.17, 15) is 13.2 Å². The van der Waals surface area contributed by atoms with Gasteiger partial charge in [0.15, 0.2) is 0 Å². The standard InChI is InChI=1S/C19H18F3N9/c1-31-15(9-27-30-31)14-4-11-6-17(26-8-12(11)18(24)28-14)29-16-5-10(2-3-25-16)13(23)7-19(20,21)22/h2-6,8-9,13H,7,23H2,1H3,(H2,24,28)(H,25,26,29)/t13-/m1/s1. The van der Waals surface area contributed by atoms with Crippen LogP contribution in [0.2, 0.25) is 0 Å². The number of hydrogen-bond donors (Lipinski definition) is 3. The lowest BCUT2D eigenvalue weighted by atomic mass is 10.1. The van der Waals surface area contributed by atoms with Gasteiger partial charge >= 0.3 is 6.18 Å². The molecule has 0 bridgehead atoms. The van der Waals surface area contributed by atoms with Gasteiger partial charge in [-0.3, -0.25) is 0 Å². The van der Waals surface area contributed by atoms with Gasteiger partial charge in [-0.05, 0) is 35.2 Å². The largest absolute Gasteiger partial charge is 0.390 e. The van der Waals surface area contributed by atoms with Gasteiger partial charge in [0.1, 0.15) is 23.1 Å². The molecule has 0 aromatic carbocycles. The van der Waals surface area contributed by atoms with Crippen LogP contribution in [-0.2, 0) is 7.05 Å². The summed E-state index contributed by atoms with van der Waals surface area (Å²) in [6.45, 7) is 0. The van der Waals surface area contributed by atoms with Gasteiger partial charge in [-0.1, -0.05) is 5.21 Å². The molecule has 0 aliphatic carbocycles. The first-order valence-corrected chi connectivity index (χ1v) is 9.16. The van der Waals surface area contributed by atoms with Crippen LogP contribution >= 0.6 is 0 Å². The summed E-state index contributed by atoms with van der Waals surface area (Å²) in [5, 5.41) is 12.1. The number of hydrogen-bond acceptors (Lipinski definition) is 8. The summed E-state index contributed by atoms with van der Waals surface area (Å²) in [6, 6.07) is 5.30. The highest BCUT2D eigenvalue weighted by atomic mass is 19.4. The van der Waals surface area contributed by atoms with Crippen molar-refractivity contribution in [3.63, 3.8) is 0 Å². The molecule has 160 valence electrons. The highest BCUT2D eigenvalue weighted by Gasteiger charge is 2.31. The van der Waals surface area contributed by atoms with Gasteiger partial charge in [0, 0.05) is 30.9 Å². The minimum atomic E-state index is -4.36. The summed E-state index contributed by atoms with van der Waals surface area (Å²) in [6.07, 6.45) is -0.948. The second-order valence-electron chi connectivity index (χ2n) is 6.95. The van der Waals surface area contributed by atoms with Crippen molar-refractivity contribution in [3.8, 4) is 11.4 Å². The first kappa shape index (κ1) is 20.5. The van der Waals surface area contributed by atoms with Crippen molar-refractivity contribution in [1.82, 2.24) is 29.9 Å². The fraction of sp³-hybridized carbons (Fsp3) is 0.211. The number of nitrogens with two attached hydrogens (primary N) is 2. The molecule has 4 heterocycles. The Labute approximate surface area is 174 Å². The SMILES string of the molecule is Cn1nncc1-c1cc2cc(Nc3cc([C@H](N)CC(F)(F)F)ccn3)ncc2c(N)n1. The second kappa shape index (κ2) is 7.80. The van der Waals surface area contributed by atoms with Crippen molar-refractivity contribution in [1.29, 1.82) is 0 Å². The van der Waals surface area contributed by atoms with Crippen LogP contribution in [0.3, 0.4) is 0 Å². The Morgan fingerprint density at radius 1 is 1.13 bits per heavy atom. The highest BCUT2D eigenvalue weighted by molar-refractivity contribution is 5.94. The van der Waals surface area contributed by atoms with Gasteiger partial charge in [0.25, 0.3) is 0 Å². The van der Waals surface area contributed by atoms with E-state index in [2.05, 4.69) is 30.6 Å². The van der Waals surface area contributed by atoms with Crippen LogP contribution in [0.1, 0.15) is 18.0 Å². The fourth-order valence-electron chi connectivity index (χ4n) is 3.14. The number of pyridine rings is 3. The van der Waals surface area contributed by atoms with Crippen LogP contribution < -0.4 is 16.8 Å². The summed E-state index contributed by atoms with van der Waals surface area (Å²) in [5.74, 6) is 1.05. The quantitative estimate of drug-likeness (QED) is 0.441. The molecular weight excluding hydrogens is 411 g/mol. The summed E-state index contributed by atoms with van der Waals surface area (Å²) in [5.41, 5.74) is 13.4. The molecule has 0 amide bonds. The van der Waals surface area contributed by atoms with Gasteiger partial charge in [-0.2, -0.15) is 13.2 Å². The van der Waals surface area contributed by atoms with Crippen LogP contribution in [-0.4, -0.2) is 36.1 Å². The van der Waals surface area contributed by atoms with E-state index >= 15 is 0 Å². The van der Waals surface area contributed by atoms with Crippen molar-refractivity contribution in [2.45, 2.75) is 18.6 Å². The number of halogens is 3. The Hall–Kier alpha value is -3.80. The molecule has 0 radical (unpaired) electrons. The summed E-state index contributed by atoms with van der Waals surface area (Å²) in [4.78, 5) is 12.8. The zero-order valence-electron chi connectivity index (χ0n) is 16.3. The minimum Gasteiger partial charge on any atom is -0.383 e. The number of alkyl halides is 3. The second-order valence-corrected chi connectivity index (χ2v) is 6.95. The normalized spacial score (nSPS) is 12.8. The molecule has 9 nitrogen and oxygen atoms in total. The maximum Gasteiger partial charge on any atom is 0.390 e. The van der Waals surface area contributed by atoms with Gasteiger partial charge in [0.05, 0.1) is 18.3 Å². The van der Waals surface area contributed by atoms with Gasteiger partial charge in [-0.25, -0.2) is 19.6 Å². The minimum absolute atomic E-state index is 0.297. The van der Waals surface area contributed by atoms with Gasteiger partial charge in [0.2, 0.25) is 0 Å². The Morgan fingerprint density at radius 3 is 2.61 bits per heavy atom. The monoisotopic (exact) mass is 429 g/mol. The molecule has 12 heteroatoms. The van der Waals surface area contributed by atoms with Crippen LogP contribution in [0, 0.1) is 0 Å². The number of fused-ring (bicyclic) bond motifs is 1. The summed E-state index contributed by atoms with van der Waals surface area (Å²) >= 11 is 0. The van der Waals surface area contributed by atoms with Crippen LogP contribution in [0.5, 0.6) is 0 Å². The Balaban J connectivity index is 1.63. The van der Waals surface area contributed by atoms with E-state index in [4.69, 9.17) is 11.5 Å². The van der Waals surface area contributed by atoms with E-state index in [1.165, 1.54) is 18.3 Å². The molecule has 0 saturated heterocycles. The van der Waals surface area contributed by atoms with E-state index in [1.807, 2.05) is 6.07 Å². The van der Waals surface area contributed by atoms with E-state index in [0.717, 1.165) is 5.39 Å². The lowest BCUT2D eigenvalue weighted by molar-refractivity contribution is -0.138. The maximum absolute atomic E-state index is 12.6. The van der Waals surface area contributed by atoms with Crippen LogP contribution in [0.15, 0.2) is 42.9 Å². The molecule has 31 heavy (non-hydrogen) atoms. The number of nitrogen functional groups attached to an aromatic ring is 1. The zero-order valence-corrected chi connectivity index (χ0v) is 16.3. The summed E-state index contributed by atoms with van der Waals surface area (Å²) < 4.78 is 39.5. The van der Waals surface area contributed by atoms with E-state index in [-0.39, 0.29) is 0 Å². The number of anilines is 3. The molecule has 4 aromatic heterocycles. The molecule has 0 aliphatic rings. The van der Waals surface area contributed by atoms with Crippen LogP contribution in [0.4, 0.5) is 30.6 Å². The fourth-order valence-corrected chi connectivity index (χ4v) is 3.14. The van der Waals surface area contributed by atoms with Crippen molar-refractivity contribution in [2.24, 2.45) is 12.8 Å². The lowest BCUT2D eigenvalue weighted by Crippen LogP contribution is -2.20. The van der Waals surface area contributed by atoms with E-state index in [1.54, 1.807) is 30.2 Å². The number of rotatable bonds is 5. The third-order valence-electron chi connectivity index (χ3n) is 4.64. The van der Waals surface area contributed by atoms with Gasteiger partial charge < -0.3 is 16.8 Å². The first-order chi connectivity index (χ1) is 14.7. The predicted molar refractivity (Wildman–Crippen MR) is 109 cm³/mol. The number of aryl methyl sites for hydroxylation is 1. The molecular formula is C19H18F3N9. The van der Waals surface area contributed by atoms with Crippen LogP contribution in [0.25, 0.3) is 22.2 Å². The first-order valence-electron chi connectivity index (χ1n) is 9.16. The lowest BCUT2D eigenvalue weighted by Gasteiger charge is -2.15. The number of aromatic nitrogens is 6. The van der Waals surface area contributed by atoms with E-state index < -0.39 is 18.6 Å². The molecule has 0 spiro atoms. The average molecular weight is 429 g/mol. The third-order valence-corrected chi connectivity index (χ3v) is 4.64. The molecule has 0 saturated carbocycles. The smallest absolute Gasteiger partial charge is 0.383 e. The molecule has 4 aromatic rings. The molecule has 0 fully saturated rings. The highest BCUT2D eigenvalue weighted by Crippen LogP contribution is 2.30. The van der Waals surface area contributed by atoms with Crippen molar-refractivity contribution < 1.29 is 13.2 Å². The van der Waals surface area contributed by atoms with E-state index in [0.29, 0.717) is 39.8 Å². The number of nitrogens with one attached hydrogen (secondary N) is 1. The molecule has 4 rings (SSSR count). The Bertz CT molecular complexity index is 1240. The van der Waals surface area contributed by atoms with Gasteiger partial charge in [-0.15, -0.1) is 5.10 Å². The van der Waals surface area contributed by atoms with Crippen molar-refractivity contribution in [2.75, 3.05) is 11.1 Å². The molecule has 0 aliphatic heterocycles.